The van der Waals surface area contributed by atoms with E-state index in [4.69, 9.17) is 0 Å². The first-order valence-electron chi connectivity index (χ1n) is 8.41. The molecule has 4 unspecified atom stereocenters. The van der Waals surface area contributed by atoms with E-state index >= 15 is 0 Å². The van der Waals surface area contributed by atoms with Crippen molar-refractivity contribution < 1.29 is 0 Å². The molecule has 2 saturated carbocycles. The molecule has 18 heavy (non-hydrogen) atoms. The van der Waals surface area contributed by atoms with Crippen LogP contribution in [0.15, 0.2) is 0 Å². The summed E-state index contributed by atoms with van der Waals surface area (Å²) in [5.41, 5.74) is 0.652. The Morgan fingerprint density at radius 3 is 2.72 bits per heavy atom. The maximum Gasteiger partial charge on any atom is 0.00725 e. The van der Waals surface area contributed by atoms with Gasteiger partial charge < -0.3 is 5.32 Å². The minimum absolute atomic E-state index is 0.652. The summed E-state index contributed by atoms with van der Waals surface area (Å²) in [7, 11) is 0. The van der Waals surface area contributed by atoms with Crippen molar-refractivity contribution in [3.05, 3.63) is 0 Å². The van der Waals surface area contributed by atoms with Gasteiger partial charge in [-0.3, -0.25) is 0 Å². The number of rotatable bonds is 5. The molecule has 1 heteroatoms. The lowest BCUT2D eigenvalue weighted by atomic mass is 9.66. The first-order valence-corrected chi connectivity index (χ1v) is 8.41. The van der Waals surface area contributed by atoms with Crippen molar-refractivity contribution in [3.8, 4) is 0 Å². The Hall–Kier alpha value is -0.0400. The summed E-state index contributed by atoms with van der Waals surface area (Å²) in [6.45, 7) is 8.45. The molecule has 0 saturated heterocycles. The average Bonchev–Trinajstić information content (AvgIpc) is 2.80. The van der Waals surface area contributed by atoms with E-state index in [-0.39, 0.29) is 0 Å². The van der Waals surface area contributed by atoms with Crippen LogP contribution in [-0.2, 0) is 0 Å². The summed E-state index contributed by atoms with van der Waals surface area (Å²) in [6, 6.07) is 0.817. The molecule has 1 N–H and O–H groups in total. The van der Waals surface area contributed by atoms with Crippen molar-refractivity contribution in [2.75, 3.05) is 6.54 Å². The second kappa shape index (κ2) is 6.41. The minimum atomic E-state index is 0.652. The maximum atomic E-state index is 3.75. The summed E-state index contributed by atoms with van der Waals surface area (Å²) in [6.07, 6.45) is 13.0. The minimum Gasteiger partial charge on any atom is -0.314 e. The zero-order chi connectivity index (χ0) is 13.0. The molecule has 2 rings (SSSR count). The molecule has 2 aliphatic carbocycles. The lowest BCUT2D eigenvalue weighted by molar-refractivity contribution is 0.109. The molecule has 0 spiro atoms. The Bertz CT molecular complexity index is 250. The van der Waals surface area contributed by atoms with E-state index in [0.29, 0.717) is 5.41 Å². The van der Waals surface area contributed by atoms with Crippen LogP contribution in [0.4, 0.5) is 0 Å². The fourth-order valence-electron chi connectivity index (χ4n) is 4.46. The standard InChI is InChI=1S/C17H33N/c1-4-11-18-16-9-10-17(3,13-16)15-8-6-7-14(5-2)12-15/h14-16,18H,4-13H2,1-3H3. The predicted molar refractivity (Wildman–Crippen MR) is 79.8 cm³/mol. The lowest BCUT2D eigenvalue weighted by Crippen LogP contribution is -2.33. The normalized spacial score (nSPS) is 41.2. The van der Waals surface area contributed by atoms with Crippen LogP contribution in [0.1, 0.15) is 78.6 Å². The van der Waals surface area contributed by atoms with Crippen LogP contribution in [-0.4, -0.2) is 12.6 Å². The van der Waals surface area contributed by atoms with Crippen LogP contribution in [0.3, 0.4) is 0 Å². The molecule has 0 aliphatic heterocycles. The zero-order valence-electron chi connectivity index (χ0n) is 12.8. The summed E-state index contributed by atoms with van der Waals surface area (Å²) in [5.74, 6) is 2.05. The fourth-order valence-corrected chi connectivity index (χ4v) is 4.46. The number of hydrogen-bond donors (Lipinski definition) is 1. The number of nitrogens with one attached hydrogen (secondary N) is 1. The van der Waals surface area contributed by atoms with Crippen LogP contribution in [0.2, 0.25) is 0 Å². The van der Waals surface area contributed by atoms with E-state index < -0.39 is 0 Å². The van der Waals surface area contributed by atoms with Gasteiger partial charge in [0.15, 0.2) is 0 Å². The van der Waals surface area contributed by atoms with Crippen molar-refractivity contribution in [1.29, 1.82) is 0 Å². The SMILES string of the molecule is CCCNC1CCC(C)(C2CCCC(CC)C2)C1. The van der Waals surface area contributed by atoms with Crippen molar-refractivity contribution >= 4 is 0 Å². The first kappa shape index (κ1) is 14.4. The molecule has 2 fully saturated rings. The molecule has 0 bridgehead atoms. The van der Waals surface area contributed by atoms with Gasteiger partial charge in [0, 0.05) is 6.04 Å². The fraction of sp³-hybridized carbons (Fsp3) is 1.00. The Balaban J connectivity index is 1.87. The Labute approximate surface area is 114 Å². The van der Waals surface area contributed by atoms with Crippen LogP contribution < -0.4 is 5.32 Å². The van der Waals surface area contributed by atoms with E-state index in [9.17, 15) is 0 Å². The van der Waals surface area contributed by atoms with Gasteiger partial charge in [0.05, 0.1) is 0 Å². The highest BCUT2D eigenvalue weighted by molar-refractivity contribution is 4.95. The third-order valence-corrected chi connectivity index (χ3v) is 5.81. The summed E-state index contributed by atoms with van der Waals surface area (Å²) >= 11 is 0. The van der Waals surface area contributed by atoms with Crippen LogP contribution in [0.5, 0.6) is 0 Å². The van der Waals surface area contributed by atoms with Gasteiger partial charge in [-0.15, -0.1) is 0 Å². The lowest BCUT2D eigenvalue weighted by Gasteiger charge is -2.40. The predicted octanol–water partition coefficient (Wildman–Crippen LogP) is 4.76. The molecule has 0 aromatic rings. The van der Waals surface area contributed by atoms with Gasteiger partial charge in [0.25, 0.3) is 0 Å². The molecule has 0 amide bonds. The zero-order valence-corrected chi connectivity index (χ0v) is 12.8. The molecule has 106 valence electrons. The summed E-state index contributed by atoms with van der Waals surface area (Å²) in [5, 5.41) is 3.75. The Morgan fingerprint density at radius 2 is 2.00 bits per heavy atom. The first-order chi connectivity index (χ1) is 8.68. The smallest absolute Gasteiger partial charge is 0.00725 e. The van der Waals surface area contributed by atoms with Crippen molar-refractivity contribution in [2.45, 2.75) is 84.6 Å². The van der Waals surface area contributed by atoms with E-state index in [0.717, 1.165) is 17.9 Å². The monoisotopic (exact) mass is 251 g/mol. The second-order valence-electron chi connectivity index (χ2n) is 7.19. The maximum absolute atomic E-state index is 3.75. The van der Waals surface area contributed by atoms with Gasteiger partial charge in [-0.2, -0.15) is 0 Å². The average molecular weight is 251 g/mol. The van der Waals surface area contributed by atoms with E-state index in [1.807, 2.05) is 0 Å². The van der Waals surface area contributed by atoms with Crippen LogP contribution >= 0.6 is 0 Å². The quantitative estimate of drug-likeness (QED) is 0.743. The molecular weight excluding hydrogens is 218 g/mol. The summed E-state index contributed by atoms with van der Waals surface area (Å²) < 4.78 is 0. The Morgan fingerprint density at radius 1 is 1.17 bits per heavy atom. The van der Waals surface area contributed by atoms with Crippen LogP contribution in [0, 0.1) is 17.3 Å². The van der Waals surface area contributed by atoms with E-state index in [2.05, 4.69) is 26.1 Å². The largest absolute Gasteiger partial charge is 0.314 e. The molecule has 0 aromatic carbocycles. The van der Waals surface area contributed by atoms with Crippen molar-refractivity contribution in [2.24, 2.45) is 17.3 Å². The van der Waals surface area contributed by atoms with E-state index in [1.54, 1.807) is 0 Å². The second-order valence-corrected chi connectivity index (χ2v) is 7.19. The molecular formula is C17H33N. The van der Waals surface area contributed by atoms with Gasteiger partial charge in [-0.25, -0.2) is 0 Å². The van der Waals surface area contributed by atoms with Gasteiger partial charge in [-0.05, 0) is 62.3 Å². The highest BCUT2D eigenvalue weighted by Crippen LogP contribution is 2.50. The van der Waals surface area contributed by atoms with Gasteiger partial charge in [-0.1, -0.05) is 40.0 Å². The summed E-state index contributed by atoms with van der Waals surface area (Å²) in [4.78, 5) is 0. The van der Waals surface area contributed by atoms with Crippen molar-refractivity contribution in [3.63, 3.8) is 0 Å². The van der Waals surface area contributed by atoms with E-state index in [1.165, 1.54) is 64.3 Å². The van der Waals surface area contributed by atoms with Gasteiger partial charge >= 0.3 is 0 Å². The highest BCUT2D eigenvalue weighted by Gasteiger charge is 2.42. The molecule has 0 radical (unpaired) electrons. The van der Waals surface area contributed by atoms with Crippen LogP contribution in [0.25, 0.3) is 0 Å². The van der Waals surface area contributed by atoms with Gasteiger partial charge in [0.2, 0.25) is 0 Å². The third-order valence-electron chi connectivity index (χ3n) is 5.81. The van der Waals surface area contributed by atoms with Crippen molar-refractivity contribution in [1.82, 2.24) is 5.32 Å². The molecule has 0 heterocycles. The molecule has 2 aliphatic rings. The highest BCUT2D eigenvalue weighted by atomic mass is 14.9. The third kappa shape index (κ3) is 3.29. The number of hydrogen-bond acceptors (Lipinski definition) is 1. The molecule has 4 atom stereocenters. The molecule has 1 nitrogen and oxygen atoms in total. The topological polar surface area (TPSA) is 12.0 Å². The van der Waals surface area contributed by atoms with Gasteiger partial charge in [0.1, 0.15) is 0 Å². The molecule has 0 aromatic heterocycles. The Kier molecular flexibility index (Phi) is 5.12.